The number of anilines is 1. The number of benzene rings is 1. The van der Waals surface area contributed by atoms with Gasteiger partial charge in [-0.1, -0.05) is 15.9 Å². The van der Waals surface area contributed by atoms with Crippen LogP contribution in [0.25, 0.3) is 0 Å². The first-order valence-corrected chi connectivity index (χ1v) is 7.24. The van der Waals surface area contributed by atoms with Crippen molar-refractivity contribution in [3.63, 3.8) is 0 Å². The number of rotatable bonds is 5. The largest absolute Gasteiger partial charge is 0.478 e. The molecule has 1 aromatic carbocycles. The Balaban J connectivity index is 2.96. The molecule has 1 aromatic rings. The number of aliphatic hydroxyl groups is 1. The van der Waals surface area contributed by atoms with Crippen LogP contribution in [0.2, 0.25) is 0 Å². The molecule has 0 heterocycles. The summed E-state index contributed by atoms with van der Waals surface area (Å²) in [5, 5.41) is 21.5. The zero-order valence-electron chi connectivity index (χ0n) is 12.2. The Kier molecular flexibility index (Phi) is 5.74. The molecular formula is C14H19BrN2O4. The number of nitrogens with zero attached hydrogens (tertiary/aromatic N) is 1. The van der Waals surface area contributed by atoms with Crippen LogP contribution in [0.3, 0.4) is 0 Å². The summed E-state index contributed by atoms with van der Waals surface area (Å²) >= 11 is 3.24. The summed E-state index contributed by atoms with van der Waals surface area (Å²) in [6.45, 7) is 5.53. The molecule has 1 rings (SSSR count). The van der Waals surface area contributed by atoms with Gasteiger partial charge in [0, 0.05) is 11.0 Å². The number of urea groups is 1. The number of hydrogen-bond donors (Lipinski definition) is 3. The molecule has 3 N–H and O–H groups in total. The second-order valence-electron chi connectivity index (χ2n) is 5.25. The Morgan fingerprint density at radius 1 is 1.38 bits per heavy atom. The number of likely N-dealkylation sites (N-methyl/N-ethyl adjacent to an activating group) is 1. The van der Waals surface area contributed by atoms with Crippen LogP contribution in [0.5, 0.6) is 0 Å². The van der Waals surface area contributed by atoms with Gasteiger partial charge in [-0.2, -0.15) is 0 Å². The van der Waals surface area contributed by atoms with E-state index in [2.05, 4.69) is 21.2 Å². The van der Waals surface area contributed by atoms with Crippen LogP contribution in [0.4, 0.5) is 10.5 Å². The van der Waals surface area contributed by atoms with E-state index in [9.17, 15) is 14.7 Å². The van der Waals surface area contributed by atoms with E-state index in [0.717, 1.165) is 0 Å². The van der Waals surface area contributed by atoms with Gasteiger partial charge in [0.25, 0.3) is 0 Å². The third-order valence-corrected chi connectivity index (χ3v) is 3.19. The van der Waals surface area contributed by atoms with Gasteiger partial charge in [0.15, 0.2) is 0 Å². The van der Waals surface area contributed by atoms with Crippen molar-refractivity contribution in [3.05, 3.63) is 28.2 Å². The predicted octanol–water partition coefficient (Wildman–Crippen LogP) is 2.77. The Morgan fingerprint density at radius 3 is 2.48 bits per heavy atom. The van der Waals surface area contributed by atoms with Crippen LogP contribution >= 0.6 is 15.9 Å². The van der Waals surface area contributed by atoms with E-state index in [1.54, 1.807) is 26.8 Å². The SMILES string of the molecule is CCN(CC(C)(C)O)C(=O)Nc1cc(Br)ccc1C(=O)O. The Morgan fingerprint density at radius 2 is 2.00 bits per heavy atom. The van der Waals surface area contributed by atoms with Gasteiger partial charge in [-0.3, -0.25) is 0 Å². The maximum atomic E-state index is 12.2. The summed E-state index contributed by atoms with van der Waals surface area (Å²) in [6, 6.07) is 4.07. The maximum absolute atomic E-state index is 12.2. The minimum absolute atomic E-state index is 0.00543. The second kappa shape index (κ2) is 6.91. The van der Waals surface area contributed by atoms with Crippen molar-refractivity contribution in [2.75, 3.05) is 18.4 Å². The quantitative estimate of drug-likeness (QED) is 0.754. The molecule has 0 bridgehead atoms. The topological polar surface area (TPSA) is 89.9 Å². The molecule has 7 heteroatoms. The highest BCUT2D eigenvalue weighted by atomic mass is 79.9. The molecule has 0 radical (unpaired) electrons. The standard InChI is InChI=1S/C14H19BrN2O4/c1-4-17(8-14(2,3)21)13(20)16-11-7-9(15)5-6-10(11)12(18)19/h5-7,21H,4,8H2,1-3H3,(H,16,20)(H,18,19). The van der Waals surface area contributed by atoms with E-state index >= 15 is 0 Å². The molecule has 0 fully saturated rings. The Hall–Kier alpha value is -1.60. The van der Waals surface area contributed by atoms with E-state index in [1.165, 1.54) is 17.0 Å². The molecule has 0 aromatic heterocycles. The zero-order valence-corrected chi connectivity index (χ0v) is 13.8. The number of hydrogen-bond acceptors (Lipinski definition) is 3. The van der Waals surface area contributed by atoms with Gasteiger partial charge in [0.1, 0.15) is 0 Å². The monoisotopic (exact) mass is 358 g/mol. The summed E-state index contributed by atoms with van der Waals surface area (Å²) in [5.41, 5.74) is -0.817. The van der Waals surface area contributed by atoms with Gasteiger partial charge < -0.3 is 20.4 Å². The Bertz CT molecular complexity index is 540. The number of aromatic carboxylic acids is 1. The molecule has 2 amide bonds. The average Bonchev–Trinajstić information content (AvgIpc) is 2.34. The van der Waals surface area contributed by atoms with E-state index in [0.29, 0.717) is 11.0 Å². The molecule has 0 saturated heterocycles. The van der Waals surface area contributed by atoms with Gasteiger partial charge in [0.05, 0.1) is 23.4 Å². The molecule has 116 valence electrons. The highest BCUT2D eigenvalue weighted by Crippen LogP contribution is 2.22. The number of carbonyl (C=O) groups excluding carboxylic acids is 1. The second-order valence-corrected chi connectivity index (χ2v) is 6.17. The average molecular weight is 359 g/mol. The molecule has 0 atom stereocenters. The minimum Gasteiger partial charge on any atom is -0.478 e. The number of carboxylic acid groups (broad SMARTS) is 1. The van der Waals surface area contributed by atoms with Gasteiger partial charge in [-0.05, 0) is 39.0 Å². The van der Waals surface area contributed by atoms with Crippen LogP contribution < -0.4 is 5.32 Å². The van der Waals surface area contributed by atoms with Crippen LogP contribution in [0.1, 0.15) is 31.1 Å². The van der Waals surface area contributed by atoms with Crippen LogP contribution in [0, 0.1) is 0 Å². The summed E-state index contributed by atoms with van der Waals surface area (Å²) < 4.78 is 0.660. The first kappa shape index (κ1) is 17.5. The third kappa shape index (κ3) is 5.35. The number of carboxylic acids is 1. The molecule has 21 heavy (non-hydrogen) atoms. The number of amides is 2. The molecule has 0 aliphatic heterocycles. The molecule has 0 spiro atoms. The number of halogens is 1. The fourth-order valence-corrected chi connectivity index (χ4v) is 2.16. The molecule has 0 aliphatic rings. The lowest BCUT2D eigenvalue weighted by atomic mass is 10.1. The number of carbonyl (C=O) groups is 2. The lowest BCUT2D eigenvalue weighted by Gasteiger charge is -2.28. The van der Waals surface area contributed by atoms with Crippen molar-refractivity contribution in [1.29, 1.82) is 0 Å². The minimum atomic E-state index is -1.12. The van der Waals surface area contributed by atoms with Crippen molar-refractivity contribution in [3.8, 4) is 0 Å². The molecular weight excluding hydrogens is 340 g/mol. The first-order valence-electron chi connectivity index (χ1n) is 6.45. The fourth-order valence-electron chi connectivity index (χ4n) is 1.79. The highest BCUT2D eigenvalue weighted by molar-refractivity contribution is 9.10. The summed E-state index contributed by atoms with van der Waals surface area (Å²) in [7, 11) is 0. The lowest BCUT2D eigenvalue weighted by Crippen LogP contribution is -2.44. The van der Waals surface area contributed by atoms with E-state index in [4.69, 9.17) is 5.11 Å². The van der Waals surface area contributed by atoms with Crippen LogP contribution in [0.15, 0.2) is 22.7 Å². The summed E-state index contributed by atoms with van der Waals surface area (Å²) in [5.74, 6) is -1.12. The van der Waals surface area contributed by atoms with Crippen molar-refractivity contribution in [1.82, 2.24) is 4.90 Å². The van der Waals surface area contributed by atoms with Gasteiger partial charge >= 0.3 is 12.0 Å². The van der Waals surface area contributed by atoms with E-state index in [-0.39, 0.29) is 17.8 Å². The third-order valence-electron chi connectivity index (χ3n) is 2.70. The van der Waals surface area contributed by atoms with Crippen LogP contribution in [-0.4, -0.2) is 45.8 Å². The number of nitrogens with one attached hydrogen (secondary N) is 1. The zero-order chi connectivity index (χ0) is 16.2. The molecule has 0 aliphatic carbocycles. The molecule has 6 nitrogen and oxygen atoms in total. The van der Waals surface area contributed by atoms with Gasteiger partial charge in [-0.25, -0.2) is 9.59 Å². The summed E-state index contributed by atoms with van der Waals surface area (Å²) in [6.07, 6.45) is 0. The predicted molar refractivity (Wildman–Crippen MR) is 83.7 cm³/mol. The molecule has 0 saturated carbocycles. The Labute approximate surface area is 131 Å². The van der Waals surface area contributed by atoms with E-state index < -0.39 is 17.6 Å². The van der Waals surface area contributed by atoms with Gasteiger partial charge in [0.2, 0.25) is 0 Å². The van der Waals surface area contributed by atoms with Crippen molar-refractivity contribution >= 4 is 33.6 Å². The highest BCUT2D eigenvalue weighted by Gasteiger charge is 2.22. The molecule has 0 unspecified atom stereocenters. The first-order chi connectivity index (χ1) is 9.64. The van der Waals surface area contributed by atoms with Crippen molar-refractivity contribution in [2.24, 2.45) is 0 Å². The lowest BCUT2D eigenvalue weighted by molar-refractivity contribution is 0.0500. The fraction of sp³-hybridized carbons (Fsp3) is 0.429. The van der Waals surface area contributed by atoms with Gasteiger partial charge in [-0.15, -0.1) is 0 Å². The summed E-state index contributed by atoms with van der Waals surface area (Å²) in [4.78, 5) is 24.8. The van der Waals surface area contributed by atoms with Crippen molar-refractivity contribution < 1.29 is 19.8 Å². The van der Waals surface area contributed by atoms with E-state index in [1.807, 2.05) is 0 Å². The smallest absolute Gasteiger partial charge is 0.337 e. The van der Waals surface area contributed by atoms with Crippen molar-refractivity contribution in [2.45, 2.75) is 26.4 Å². The van der Waals surface area contributed by atoms with Crippen LogP contribution in [-0.2, 0) is 0 Å². The normalized spacial score (nSPS) is 11.1. The maximum Gasteiger partial charge on any atom is 0.337 e.